The van der Waals surface area contributed by atoms with E-state index in [0.29, 0.717) is 6.61 Å². The van der Waals surface area contributed by atoms with Crippen LogP contribution >= 0.6 is 0 Å². The van der Waals surface area contributed by atoms with Crippen molar-refractivity contribution in [1.82, 2.24) is 15.0 Å². The molecule has 3 aromatic rings. The van der Waals surface area contributed by atoms with E-state index in [2.05, 4.69) is 36.1 Å². The van der Waals surface area contributed by atoms with Crippen molar-refractivity contribution in [2.24, 2.45) is 5.16 Å². The highest BCUT2D eigenvalue weighted by atomic mass is 16.6. The van der Waals surface area contributed by atoms with Gasteiger partial charge in [-0.1, -0.05) is 30.3 Å². The van der Waals surface area contributed by atoms with Gasteiger partial charge in [0.2, 0.25) is 0 Å². The first-order chi connectivity index (χ1) is 14.1. The second-order valence-electron chi connectivity index (χ2n) is 7.11. The van der Waals surface area contributed by atoms with Gasteiger partial charge in [-0.15, -0.1) is 0 Å². The third-order valence-corrected chi connectivity index (χ3v) is 4.70. The molecule has 0 fully saturated rings. The first-order valence-electron chi connectivity index (χ1n) is 10.1. The summed E-state index contributed by atoms with van der Waals surface area (Å²) in [6.07, 6.45) is 2.59. The second kappa shape index (κ2) is 9.92. The Hall–Kier alpha value is -3.08. The molecule has 0 N–H and O–H groups in total. The van der Waals surface area contributed by atoms with Crippen molar-refractivity contribution in [2.75, 3.05) is 6.61 Å². The molecule has 0 unspecified atom stereocenters. The van der Waals surface area contributed by atoms with Crippen LogP contribution in [0.3, 0.4) is 0 Å². The summed E-state index contributed by atoms with van der Waals surface area (Å²) in [7, 11) is 0. The molecule has 0 atom stereocenters. The molecular weight excluding hydrogens is 360 g/mol. The minimum absolute atomic E-state index is 0.539. The maximum Gasteiger partial charge on any atom is 0.117 e. The van der Waals surface area contributed by atoms with Crippen LogP contribution in [0.2, 0.25) is 0 Å². The van der Waals surface area contributed by atoms with E-state index in [4.69, 9.17) is 14.8 Å². The van der Waals surface area contributed by atoms with Gasteiger partial charge in [-0.2, -0.15) is 0 Å². The number of hydrogen-bond acceptors (Lipinski definition) is 5. The molecule has 5 nitrogen and oxygen atoms in total. The fraction of sp³-hybridized carbons (Fsp3) is 0.333. The van der Waals surface area contributed by atoms with Crippen LogP contribution in [0.25, 0.3) is 11.4 Å². The topological polar surface area (TPSA) is 60.3 Å². The van der Waals surface area contributed by atoms with E-state index in [1.165, 1.54) is 0 Å². The van der Waals surface area contributed by atoms with Crippen molar-refractivity contribution >= 4 is 5.71 Å². The molecule has 29 heavy (non-hydrogen) atoms. The first kappa shape index (κ1) is 20.6. The molecule has 0 spiro atoms. The molecule has 3 heterocycles. The molecule has 3 aromatic heterocycles. The van der Waals surface area contributed by atoms with Crippen LogP contribution in [-0.2, 0) is 17.7 Å². The van der Waals surface area contributed by atoms with E-state index in [0.717, 1.165) is 64.7 Å². The highest BCUT2D eigenvalue weighted by Crippen LogP contribution is 2.20. The van der Waals surface area contributed by atoms with Crippen molar-refractivity contribution in [2.45, 2.75) is 47.0 Å². The predicted molar refractivity (Wildman–Crippen MR) is 117 cm³/mol. The largest absolute Gasteiger partial charge is 0.396 e. The summed E-state index contributed by atoms with van der Waals surface area (Å²) in [4.78, 5) is 19.5. The van der Waals surface area contributed by atoms with Crippen LogP contribution in [0.1, 0.15) is 48.6 Å². The SMILES string of the molecule is CCc1ccc(C)c(-c2cccc(CCCO/N=C(\C)c3cccc(C)n3)n2)n1. The van der Waals surface area contributed by atoms with Gasteiger partial charge in [0.15, 0.2) is 0 Å². The number of hydrogen-bond donors (Lipinski definition) is 0. The molecule has 150 valence electrons. The van der Waals surface area contributed by atoms with E-state index in [9.17, 15) is 0 Å². The lowest BCUT2D eigenvalue weighted by molar-refractivity contribution is 0.141. The van der Waals surface area contributed by atoms with Gasteiger partial charge in [0.25, 0.3) is 0 Å². The van der Waals surface area contributed by atoms with Gasteiger partial charge in [0.1, 0.15) is 12.3 Å². The van der Waals surface area contributed by atoms with E-state index < -0.39 is 0 Å². The molecule has 0 amide bonds. The molecule has 0 saturated heterocycles. The number of rotatable bonds is 8. The molecule has 0 aromatic carbocycles. The van der Waals surface area contributed by atoms with Crippen molar-refractivity contribution < 1.29 is 4.84 Å². The van der Waals surface area contributed by atoms with Gasteiger partial charge in [0.05, 0.1) is 17.1 Å². The molecule has 0 aliphatic heterocycles. The van der Waals surface area contributed by atoms with Crippen molar-refractivity contribution in [3.8, 4) is 11.4 Å². The zero-order valence-electron chi connectivity index (χ0n) is 17.6. The maximum absolute atomic E-state index is 5.48. The Bertz CT molecular complexity index is 998. The summed E-state index contributed by atoms with van der Waals surface area (Å²) in [5.41, 5.74) is 7.76. The fourth-order valence-corrected chi connectivity index (χ4v) is 3.03. The van der Waals surface area contributed by atoms with Crippen LogP contribution in [0, 0.1) is 13.8 Å². The van der Waals surface area contributed by atoms with Crippen LogP contribution in [-0.4, -0.2) is 27.3 Å². The average Bonchev–Trinajstić information content (AvgIpc) is 2.74. The van der Waals surface area contributed by atoms with E-state index in [1.807, 2.05) is 50.2 Å². The Morgan fingerprint density at radius 3 is 2.55 bits per heavy atom. The average molecular weight is 389 g/mol. The lowest BCUT2D eigenvalue weighted by atomic mass is 10.1. The number of aryl methyl sites for hydroxylation is 4. The quantitative estimate of drug-likeness (QED) is 0.306. The van der Waals surface area contributed by atoms with Crippen LogP contribution in [0.4, 0.5) is 0 Å². The van der Waals surface area contributed by atoms with E-state index in [1.54, 1.807) is 0 Å². The molecular formula is C24H28N4O. The number of pyridine rings is 3. The predicted octanol–water partition coefficient (Wildman–Crippen LogP) is 5.09. The van der Waals surface area contributed by atoms with Gasteiger partial charge in [0, 0.05) is 17.1 Å². The molecule has 0 saturated carbocycles. The lowest BCUT2D eigenvalue weighted by Crippen LogP contribution is -2.02. The summed E-state index contributed by atoms with van der Waals surface area (Å²) in [5, 5.41) is 4.19. The zero-order chi connectivity index (χ0) is 20.6. The Morgan fingerprint density at radius 1 is 0.931 bits per heavy atom. The normalized spacial score (nSPS) is 11.5. The van der Waals surface area contributed by atoms with Gasteiger partial charge in [-0.05, 0) is 75.9 Å². The smallest absolute Gasteiger partial charge is 0.117 e. The van der Waals surface area contributed by atoms with Gasteiger partial charge in [-0.3, -0.25) is 15.0 Å². The third kappa shape index (κ3) is 5.70. The first-order valence-corrected chi connectivity index (χ1v) is 10.1. The van der Waals surface area contributed by atoms with Gasteiger partial charge < -0.3 is 4.84 Å². The summed E-state index contributed by atoms with van der Waals surface area (Å²) in [5.74, 6) is 0. The van der Waals surface area contributed by atoms with Crippen molar-refractivity contribution in [3.05, 3.63) is 76.9 Å². The summed E-state index contributed by atoms with van der Waals surface area (Å²) >= 11 is 0. The summed E-state index contributed by atoms with van der Waals surface area (Å²) < 4.78 is 0. The standard InChI is InChI=1S/C24H28N4O/c1-5-20-15-14-17(2)24(27-20)23-13-7-10-21(26-23)11-8-16-29-28-19(4)22-12-6-9-18(3)25-22/h6-7,9-10,12-15H,5,8,11,16H2,1-4H3/b28-19+. The number of aromatic nitrogens is 3. The molecule has 0 bridgehead atoms. The molecule has 3 rings (SSSR count). The van der Waals surface area contributed by atoms with Crippen LogP contribution in [0.15, 0.2) is 53.7 Å². The molecule has 0 radical (unpaired) electrons. The third-order valence-electron chi connectivity index (χ3n) is 4.70. The molecule has 0 aliphatic rings. The molecule has 5 heteroatoms. The van der Waals surface area contributed by atoms with Crippen molar-refractivity contribution in [3.63, 3.8) is 0 Å². The highest BCUT2D eigenvalue weighted by Gasteiger charge is 2.07. The Balaban J connectivity index is 1.57. The minimum atomic E-state index is 0.539. The fourth-order valence-electron chi connectivity index (χ4n) is 3.03. The Kier molecular flexibility index (Phi) is 7.06. The van der Waals surface area contributed by atoms with Gasteiger partial charge >= 0.3 is 0 Å². The van der Waals surface area contributed by atoms with Crippen LogP contribution < -0.4 is 0 Å². The second-order valence-corrected chi connectivity index (χ2v) is 7.11. The minimum Gasteiger partial charge on any atom is -0.396 e. The highest BCUT2D eigenvalue weighted by molar-refractivity contribution is 5.96. The van der Waals surface area contributed by atoms with Gasteiger partial charge in [-0.25, -0.2) is 0 Å². The van der Waals surface area contributed by atoms with Crippen LogP contribution in [0.5, 0.6) is 0 Å². The number of oxime groups is 1. The zero-order valence-corrected chi connectivity index (χ0v) is 17.6. The van der Waals surface area contributed by atoms with E-state index >= 15 is 0 Å². The molecule has 0 aliphatic carbocycles. The monoisotopic (exact) mass is 388 g/mol. The summed E-state index contributed by atoms with van der Waals surface area (Å²) in [6, 6.07) is 16.2. The number of nitrogens with zero attached hydrogens (tertiary/aromatic N) is 4. The Morgan fingerprint density at radius 2 is 1.76 bits per heavy atom. The van der Waals surface area contributed by atoms with E-state index in [-0.39, 0.29) is 0 Å². The maximum atomic E-state index is 5.48. The lowest BCUT2D eigenvalue weighted by Gasteiger charge is -2.08. The summed E-state index contributed by atoms with van der Waals surface area (Å²) in [6.45, 7) is 8.61. The van der Waals surface area contributed by atoms with Crippen molar-refractivity contribution in [1.29, 1.82) is 0 Å². The Labute approximate surface area is 172 Å².